The Labute approximate surface area is 155 Å². The summed E-state index contributed by atoms with van der Waals surface area (Å²) in [5.41, 5.74) is 1.57. The van der Waals surface area contributed by atoms with Gasteiger partial charge in [0.05, 0.1) is 16.4 Å². The number of carbonyl (C=O) groups is 1. The molecule has 0 radical (unpaired) electrons. The monoisotopic (exact) mass is 400 g/mol. The summed E-state index contributed by atoms with van der Waals surface area (Å²) in [5, 5.41) is 0. The van der Waals surface area contributed by atoms with Gasteiger partial charge in [-0.3, -0.25) is 4.79 Å². The Morgan fingerprint density at radius 2 is 2.04 bits per heavy atom. The largest absolute Gasteiger partial charge is 0.309 e. The maximum Gasteiger partial charge on any atom is 0.243 e. The molecule has 9 heteroatoms. The van der Waals surface area contributed by atoms with Crippen molar-refractivity contribution in [3.8, 4) is 0 Å². The van der Waals surface area contributed by atoms with Gasteiger partial charge in [0.15, 0.2) is 9.84 Å². The van der Waals surface area contributed by atoms with E-state index in [1.165, 1.54) is 17.3 Å². The van der Waals surface area contributed by atoms with E-state index >= 15 is 0 Å². The Hall–Kier alpha value is -1.45. The number of anilines is 1. The predicted octanol–water partition coefficient (Wildman–Crippen LogP) is 1.18. The number of sulfonamides is 1. The van der Waals surface area contributed by atoms with Crippen LogP contribution in [0.25, 0.3) is 0 Å². The van der Waals surface area contributed by atoms with Crippen molar-refractivity contribution >= 4 is 31.5 Å². The number of carbonyl (C=O) groups excluding carboxylic acids is 1. The van der Waals surface area contributed by atoms with Crippen molar-refractivity contribution in [2.75, 3.05) is 23.0 Å². The Kier molecular flexibility index (Phi) is 4.91. The predicted molar refractivity (Wildman–Crippen MR) is 99.4 cm³/mol. The second-order valence-electron chi connectivity index (χ2n) is 7.00. The number of benzene rings is 1. The van der Waals surface area contributed by atoms with Crippen LogP contribution in [0.4, 0.5) is 5.69 Å². The van der Waals surface area contributed by atoms with E-state index in [-0.39, 0.29) is 34.9 Å². The molecule has 1 aromatic carbocycles. The SMILES string of the molecule is CCN(C1CCS(=O)(=O)C1)S(=O)(=O)c1ccc2c(c1)CC(C)N2C(C)=O. The van der Waals surface area contributed by atoms with Crippen LogP contribution in [0.3, 0.4) is 0 Å². The van der Waals surface area contributed by atoms with E-state index < -0.39 is 25.9 Å². The van der Waals surface area contributed by atoms with Gasteiger partial charge in [0.1, 0.15) is 0 Å². The van der Waals surface area contributed by atoms with Gasteiger partial charge in [-0.15, -0.1) is 0 Å². The molecule has 0 spiro atoms. The Balaban J connectivity index is 1.96. The van der Waals surface area contributed by atoms with Gasteiger partial charge in [-0.2, -0.15) is 4.31 Å². The first-order valence-electron chi connectivity index (χ1n) is 8.72. The lowest BCUT2D eigenvalue weighted by Crippen LogP contribution is -2.40. The van der Waals surface area contributed by atoms with Crippen LogP contribution in [0.1, 0.15) is 32.8 Å². The zero-order valence-corrected chi connectivity index (χ0v) is 16.8. The average molecular weight is 401 g/mol. The Morgan fingerprint density at radius 1 is 1.35 bits per heavy atom. The lowest BCUT2D eigenvalue weighted by molar-refractivity contribution is -0.116. The molecule has 2 heterocycles. The number of sulfone groups is 1. The quantitative estimate of drug-likeness (QED) is 0.757. The summed E-state index contributed by atoms with van der Waals surface area (Å²) in [5.74, 6) is -0.169. The van der Waals surface area contributed by atoms with Crippen LogP contribution in [0, 0.1) is 0 Å². The number of amides is 1. The van der Waals surface area contributed by atoms with Gasteiger partial charge < -0.3 is 4.90 Å². The van der Waals surface area contributed by atoms with Crippen molar-refractivity contribution in [1.29, 1.82) is 0 Å². The molecule has 0 N–H and O–H groups in total. The zero-order valence-electron chi connectivity index (χ0n) is 15.2. The van der Waals surface area contributed by atoms with Crippen molar-refractivity contribution in [3.63, 3.8) is 0 Å². The number of fused-ring (bicyclic) bond motifs is 1. The summed E-state index contributed by atoms with van der Waals surface area (Å²) in [6.45, 7) is 5.36. The van der Waals surface area contributed by atoms with Crippen molar-refractivity contribution in [2.45, 2.75) is 50.6 Å². The fourth-order valence-electron chi connectivity index (χ4n) is 4.01. The van der Waals surface area contributed by atoms with Gasteiger partial charge in [-0.1, -0.05) is 6.92 Å². The highest BCUT2D eigenvalue weighted by atomic mass is 32.2. The van der Waals surface area contributed by atoms with Crippen LogP contribution in [-0.2, 0) is 31.1 Å². The highest BCUT2D eigenvalue weighted by molar-refractivity contribution is 7.92. The summed E-state index contributed by atoms with van der Waals surface area (Å²) in [6, 6.07) is 4.27. The van der Waals surface area contributed by atoms with Crippen LogP contribution < -0.4 is 4.90 Å². The standard InChI is InChI=1S/C17H24N2O5S2/c1-4-18(15-7-8-25(21,22)11-15)26(23,24)16-5-6-17-14(10-16)9-12(2)19(17)13(3)20/h5-6,10,12,15H,4,7-9,11H2,1-3H3. The first kappa shape index (κ1) is 19.3. The average Bonchev–Trinajstić information content (AvgIpc) is 3.05. The van der Waals surface area contributed by atoms with Gasteiger partial charge in [0, 0.05) is 31.2 Å². The Morgan fingerprint density at radius 3 is 2.58 bits per heavy atom. The smallest absolute Gasteiger partial charge is 0.243 e. The molecule has 1 aromatic rings. The first-order valence-corrected chi connectivity index (χ1v) is 12.0. The highest BCUT2D eigenvalue weighted by Crippen LogP contribution is 2.35. The van der Waals surface area contributed by atoms with Crippen molar-refractivity contribution in [3.05, 3.63) is 23.8 Å². The van der Waals surface area contributed by atoms with Gasteiger partial charge in [-0.25, -0.2) is 16.8 Å². The van der Waals surface area contributed by atoms with Crippen molar-refractivity contribution < 1.29 is 21.6 Å². The molecule has 0 saturated carbocycles. The van der Waals surface area contributed by atoms with Gasteiger partial charge in [-0.05, 0) is 43.5 Å². The molecular formula is C17H24N2O5S2. The number of hydrogen-bond acceptors (Lipinski definition) is 5. The van der Waals surface area contributed by atoms with E-state index in [0.29, 0.717) is 12.8 Å². The molecule has 7 nitrogen and oxygen atoms in total. The molecule has 0 aliphatic carbocycles. The minimum Gasteiger partial charge on any atom is -0.309 e. The third-order valence-electron chi connectivity index (χ3n) is 5.14. The van der Waals surface area contributed by atoms with Crippen molar-refractivity contribution in [1.82, 2.24) is 4.31 Å². The second kappa shape index (κ2) is 6.61. The molecule has 0 aromatic heterocycles. The number of rotatable bonds is 4. The molecular weight excluding hydrogens is 376 g/mol. The lowest BCUT2D eigenvalue weighted by atomic mass is 10.1. The summed E-state index contributed by atoms with van der Waals surface area (Å²) >= 11 is 0. The summed E-state index contributed by atoms with van der Waals surface area (Å²) in [6.07, 6.45) is 0.928. The van der Waals surface area contributed by atoms with E-state index in [1.807, 2.05) is 6.92 Å². The van der Waals surface area contributed by atoms with Crippen LogP contribution >= 0.6 is 0 Å². The van der Waals surface area contributed by atoms with Crippen molar-refractivity contribution in [2.24, 2.45) is 0 Å². The van der Waals surface area contributed by atoms with Gasteiger partial charge in [0.25, 0.3) is 0 Å². The fraction of sp³-hybridized carbons (Fsp3) is 0.588. The van der Waals surface area contributed by atoms with E-state index in [1.54, 1.807) is 24.0 Å². The van der Waals surface area contributed by atoms with Crippen LogP contribution in [-0.4, -0.2) is 57.2 Å². The van der Waals surface area contributed by atoms with E-state index in [4.69, 9.17) is 0 Å². The maximum atomic E-state index is 13.1. The molecule has 2 aliphatic rings. The number of hydrogen-bond donors (Lipinski definition) is 0. The molecule has 1 amide bonds. The zero-order chi connectivity index (χ0) is 19.3. The molecule has 2 atom stereocenters. The van der Waals surface area contributed by atoms with E-state index in [2.05, 4.69) is 0 Å². The molecule has 2 unspecified atom stereocenters. The van der Waals surface area contributed by atoms with Gasteiger partial charge in [0.2, 0.25) is 15.9 Å². The lowest BCUT2D eigenvalue weighted by Gasteiger charge is -2.26. The molecule has 1 fully saturated rings. The van der Waals surface area contributed by atoms with E-state index in [9.17, 15) is 21.6 Å². The van der Waals surface area contributed by atoms with Crippen LogP contribution in [0.2, 0.25) is 0 Å². The third kappa shape index (κ3) is 3.27. The normalized spacial score (nSPS) is 24.8. The fourth-order valence-corrected chi connectivity index (χ4v) is 7.55. The summed E-state index contributed by atoms with van der Waals surface area (Å²) < 4.78 is 51.0. The summed E-state index contributed by atoms with van der Waals surface area (Å²) in [4.78, 5) is 13.7. The highest BCUT2D eigenvalue weighted by Gasteiger charge is 2.38. The molecule has 144 valence electrons. The molecule has 1 saturated heterocycles. The Bertz CT molecular complexity index is 940. The third-order valence-corrected chi connectivity index (χ3v) is 8.91. The molecule has 26 heavy (non-hydrogen) atoms. The second-order valence-corrected chi connectivity index (χ2v) is 11.1. The first-order chi connectivity index (χ1) is 12.1. The van der Waals surface area contributed by atoms with Crippen LogP contribution in [0.15, 0.2) is 23.1 Å². The molecule has 3 rings (SSSR count). The maximum absolute atomic E-state index is 13.1. The molecule has 0 bridgehead atoms. The minimum atomic E-state index is -3.80. The minimum absolute atomic E-state index is 0.0114. The van der Waals surface area contributed by atoms with Gasteiger partial charge >= 0.3 is 0 Å². The summed E-state index contributed by atoms with van der Waals surface area (Å²) in [7, 11) is -6.97. The topological polar surface area (TPSA) is 91.8 Å². The molecule has 2 aliphatic heterocycles. The van der Waals surface area contributed by atoms with Crippen LogP contribution in [0.5, 0.6) is 0 Å². The number of nitrogens with zero attached hydrogens (tertiary/aromatic N) is 2. The van der Waals surface area contributed by atoms with E-state index in [0.717, 1.165) is 11.3 Å².